The Morgan fingerprint density at radius 3 is 2.64 bits per heavy atom. The van der Waals surface area contributed by atoms with Gasteiger partial charge in [0.1, 0.15) is 0 Å². The summed E-state index contributed by atoms with van der Waals surface area (Å²) in [6, 6.07) is 2.18. The molecule has 2 fully saturated rings. The summed E-state index contributed by atoms with van der Waals surface area (Å²) >= 11 is 0. The molecule has 60 valence electrons. The topological polar surface area (TPSA) is 27.0 Å². The van der Waals surface area contributed by atoms with Crippen LogP contribution < -0.4 is 0 Å². The normalized spacial score (nSPS) is 26.1. The highest BCUT2D eigenvalue weighted by molar-refractivity contribution is 5.04. The molecule has 1 saturated carbocycles. The monoisotopic (exact) mass is 150 g/mol. The van der Waals surface area contributed by atoms with E-state index in [1.807, 2.05) is 0 Å². The zero-order chi connectivity index (χ0) is 7.73. The van der Waals surface area contributed by atoms with Crippen LogP contribution in [0.1, 0.15) is 25.7 Å². The Labute approximate surface area is 67.8 Å². The lowest BCUT2D eigenvalue weighted by atomic mass is 9.97. The molecule has 0 bridgehead atoms. The molecule has 0 unspecified atom stereocenters. The Morgan fingerprint density at radius 1 is 1.36 bits per heavy atom. The van der Waals surface area contributed by atoms with Crippen molar-refractivity contribution >= 4 is 0 Å². The van der Waals surface area contributed by atoms with Crippen LogP contribution >= 0.6 is 0 Å². The zero-order valence-corrected chi connectivity index (χ0v) is 6.84. The maximum Gasteiger partial charge on any atom is 0.0622 e. The van der Waals surface area contributed by atoms with E-state index in [9.17, 15) is 0 Å². The van der Waals surface area contributed by atoms with Gasteiger partial charge in [0.25, 0.3) is 0 Å². The summed E-state index contributed by atoms with van der Waals surface area (Å²) in [6.45, 7) is 3.78. The fourth-order valence-corrected chi connectivity index (χ4v) is 1.94. The summed E-state index contributed by atoms with van der Waals surface area (Å²) in [4.78, 5) is 2.48. The average Bonchev–Trinajstić information content (AvgIpc) is 2.66. The van der Waals surface area contributed by atoms with Crippen molar-refractivity contribution in [3.8, 4) is 6.07 Å². The van der Waals surface area contributed by atoms with Crippen LogP contribution in [0.25, 0.3) is 0 Å². The highest BCUT2D eigenvalue weighted by atomic mass is 15.2. The fraction of sp³-hybridized carbons (Fsp3) is 0.889. The van der Waals surface area contributed by atoms with Crippen LogP contribution in [-0.2, 0) is 0 Å². The summed E-state index contributed by atoms with van der Waals surface area (Å²) in [6.07, 6.45) is 4.71. The summed E-state index contributed by atoms with van der Waals surface area (Å²) in [5, 5.41) is 8.32. The number of rotatable bonds is 3. The second-order valence-corrected chi connectivity index (χ2v) is 3.97. The van der Waals surface area contributed by atoms with E-state index in [4.69, 9.17) is 5.26 Å². The molecule has 1 heterocycles. The molecule has 0 radical (unpaired) electrons. The van der Waals surface area contributed by atoms with Crippen LogP contribution in [0.15, 0.2) is 0 Å². The Kier molecular flexibility index (Phi) is 1.61. The van der Waals surface area contributed by atoms with Crippen LogP contribution in [0, 0.1) is 16.7 Å². The third kappa shape index (κ3) is 1.39. The zero-order valence-electron chi connectivity index (χ0n) is 6.84. The van der Waals surface area contributed by atoms with Gasteiger partial charge in [0, 0.05) is 19.5 Å². The highest BCUT2D eigenvalue weighted by Crippen LogP contribution is 2.52. The van der Waals surface area contributed by atoms with Crippen molar-refractivity contribution in [3.05, 3.63) is 0 Å². The van der Waals surface area contributed by atoms with Crippen molar-refractivity contribution in [2.75, 3.05) is 19.6 Å². The van der Waals surface area contributed by atoms with Gasteiger partial charge in [-0.2, -0.15) is 5.26 Å². The molecule has 2 aliphatic rings. The van der Waals surface area contributed by atoms with Gasteiger partial charge in [-0.1, -0.05) is 0 Å². The molecule has 11 heavy (non-hydrogen) atoms. The fourth-order valence-electron chi connectivity index (χ4n) is 1.94. The van der Waals surface area contributed by atoms with Gasteiger partial charge >= 0.3 is 0 Å². The highest BCUT2D eigenvalue weighted by Gasteiger charge is 2.51. The van der Waals surface area contributed by atoms with Crippen LogP contribution in [0.2, 0.25) is 0 Å². The number of nitrogens with zero attached hydrogens (tertiary/aromatic N) is 2. The van der Waals surface area contributed by atoms with E-state index in [-0.39, 0.29) is 0 Å². The van der Waals surface area contributed by atoms with E-state index >= 15 is 0 Å². The van der Waals surface area contributed by atoms with E-state index in [2.05, 4.69) is 11.0 Å². The smallest absolute Gasteiger partial charge is 0.0622 e. The van der Waals surface area contributed by atoms with Crippen LogP contribution in [-0.4, -0.2) is 24.5 Å². The van der Waals surface area contributed by atoms with Gasteiger partial charge in [0.05, 0.1) is 6.07 Å². The molecule has 2 nitrogen and oxygen atoms in total. The molecular weight excluding hydrogens is 136 g/mol. The lowest BCUT2D eigenvalue weighted by Crippen LogP contribution is -2.48. The summed E-state index contributed by atoms with van der Waals surface area (Å²) in [7, 11) is 0. The van der Waals surface area contributed by atoms with E-state index in [0.29, 0.717) is 0 Å². The Balaban J connectivity index is 1.57. The van der Waals surface area contributed by atoms with Crippen molar-refractivity contribution in [2.24, 2.45) is 5.41 Å². The van der Waals surface area contributed by atoms with Crippen molar-refractivity contribution in [3.63, 3.8) is 0 Å². The number of hydrogen-bond acceptors (Lipinski definition) is 2. The maximum absolute atomic E-state index is 8.32. The number of nitriles is 1. The lowest BCUT2D eigenvalue weighted by Gasteiger charge is -2.39. The molecule has 1 saturated heterocycles. The van der Waals surface area contributed by atoms with Crippen molar-refractivity contribution in [1.82, 2.24) is 4.90 Å². The Morgan fingerprint density at radius 2 is 2.09 bits per heavy atom. The molecule has 2 rings (SSSR count). The molecule has 0 aromatic carbocycles. The molecule has 0 N–H and O–H groups in total. The standard InChI is InChI=1S/C9H14N2/c10-5-1-2-6-11-7-9(8-11)3-4-9/h1-4,6-8H2. The third-order valence-corrected chi connectivity index (χ3v) is 2.84. The largest absolute Gasteiger partial charge is 0.302 e. The molecule has 1 aliphatic heterocycles. The summed E-state index contributed by atoms with van der Waals surface area (Å²) < 4.78 is 0. The quantitative estimate of drug-likeness (QED) is 0.568. The lowest BCUT2D eigenvalue weighted by molar-refractivity contribution is 0.0812. The Hall–Kier alpha value is -0.550. The Bertz CT molecular complexity index is 180. The first-order chi connectivity index (χ1) is 5.35. The van der Waals surface area contributed by atoms with Crippen molar-refractivity contribution in [2.45, 2.75) is 25.7 Å². The SMILES string of the molecule is N#CCCCN1CC2(CC2)C1. The number of likely N-dealkylation sites (tertiary alicyclic amines) is 1. The van der Waals surface area contributed by atoms with Gasteiger partial charge in [0.2, 0.25) is 0 Å². The molecular formula is C9H14N2. The predicted octanol–water partition coefficient (Wildman–Crippen LogP) is 1.39. The van der Waals surface area contributed by atoms with Gasteiger partial charge in [0.15, 0.2) is 0 Å². The molecule has 1 aliphatic carbocycles. The summed E-state index contributed by atoms with van der Waals surface area (Å²) in [5.74, 6) is 0. The molecule has 0 aromatic heterocycles. The minimum Gasteiger partial charge on any atom is -0.302 e. The van der Waals surface area contributed by atoms with Gasteiger partial charge in [-0.05, 0) is 31.2 Å². The van der Waals surface area contributed by atoms with Gasteiger partial charge in [-0.3, -0.25) is 0 Å². The predicted molar refractivity (Wildman–Crippen MR) is 43.0 cm³/mol. The average molecular weight is 150 g/mol. The first-order valence-corrected chi connectivity index (χ1v) is 4.44. The minimum absolute atomic E-state index is 0.726. The first-order valence-electron chi connectivity index (χ1n) is 4.44. The maximum atomic E-state index is 8.32. The van der Waals surface area contributed by atoms with Crippen LogP contribution in [0.3, 0.4) is 0 Å². The number of unbranched alkanes of at least 4 members (excludes halogenated alkanes) is 1. The molecule has 0 aromatic rings. The molecule has 0 atom stereocenters. The van der Waals surface area contributed by atoms with E-state index in [1.54, 1.807) is 0 Å². The van der Waals surface area contributed by atoms with Crippen molar-refractivity contribution < 1.29 is 0 Å². The van der Waals surface area contributed by atoms with E-state index < -0.39 is 0 Å². The second-order valence-electron chi connectivity index (χ2n) is 3.97. The van der Waals surface area contributed by atoms with E-state index in [1.165, 1.54) is 25.9 Å². The molecule has 2 heteroatoms. The van der Waals surface area contributed by atoms with Gasteiger partial charge in [-0.15, -0.1) is 0 Å². The minimum atomic E-state index is 0.726. The second kappa shape index (κ2) is 2.49. The van der Waals surface area contributed by atoms with E-state index in [0.717, 1.165) is 24.8 Å². The van der Waals surface area contributed by atoms with Gasteiger partial charge in [-0.25, -0.2) is 0 Å². The molecule has 0 amide bonds. The van der Waals surface area contributed by atoms with Crippen LogP contribution in [0.5, 0.6) is 0 Å². The third-order valence-electron chi connectivity index (χ3n) is 2.84. The van der Waals surface area contributed by atoms with Gasteiger partial charge < -0.3 is 4.90 Å². The molecule has 1 spiro atoms. The number of hydrogen-bond donors (Lipinski definition) is 0. The van der Waals surface area contributed by atoms with Crippen LogP contribution in [0.4, 0.5) is 0 Å². The van der Waals surface area contributed by atoms with Crippen molar-refractivity contribution in [1.29, 1.82) is 5.26 Å². The first kappa shape index (κ1) is 7.12. The summed E-state index contributed by atoms with van der Waals surface area (Å²) in [5.41, 5.74) is 0.784.